The van der Waals surface area contributed by atoms with Crippen molar-refractivity contribution in [1.29, 1.82) is 0 Å². The zero-order chi connectivity index (χ0) is 37.7. The van der Waals surface area contributed by atoms with E-state index in [9.17, 15) is 0 Å². The van der Waals surface area contributed by atoms with Crippen LogP contribution in [-0.2, 0) is 5.41 Å². The van der Waals surface area contributed by atoms with Gasteiger partial charge in [0.2, 0.25) is 0 Å². The molecule has 8 aromatic rings. The molecule has 1 heterocycles. The van der Waals surface area contributed by atoms with Crippen LogP contribution in [0.1, 0.15) is 25.0 Å². The van der Waals surface area contributed by atoms with E-state index in [1.807, 2.05) is 0 Å². The molecule has 1 aliphatic carbocycles. The predicted octanol–water partition coefficient (Wildman–Crippen LogP) is 12.7. The highest BCUT2D eigenvalue weighted by atomic mass is 28.3. The minimum Gasteiger partial charge on any atom is -0.208 e. The Morgan fingerprint density at radius 2 is 0.764 bits per heavy atom. The molecule has 0 aliphatic heterocycles. The second-order valence-electron chi connectivity index (χ2n) is 16.2. The van der Waals surface area contributed by atoms with E-state index in [1.165, 1.54) is 49.7 Å². The molecule has 7 aromatic carbocycles. The quantitative estimate of drug-likeness (QED) is 0.154. The number of benzene rings is 7. The molecular weight excluding hydrogens is 683 g/mol. The third kappa shape index (κ3) is 6.53. The minimum atomic E-state index is -1.47. The zero-order valence-corrected chi connectivity index (χ0v) is 33.0. The first kappa shape index (κ1) is 34.5. The van der Waals surface area contributed by atoms with Gasteiger partial charge in [0.1, 0.15) is 0 Å². The van der Waals surface area contributed by atoms with Gasteiger partial charge in [0.15, 0.2) is 17.5 Å². The highest BCUT2D eigenvalue weighted by Crippen LogP contribution is 2.49. The molecule has 0 saturated heterocycles. The summed E-state index contributed by atoms with van der Waals surface area (Å²) in [5, 5.41) is 1.41. The summed E-state index contributed by atoms with van der Waals surface area (Å²) in [4.78, 5) is 15.4. The molecule has 1 aromatic heterocycles. The van der Waals surface area contributed by atoms with Crippen LogP contribution in [0.15, 0.2) is 170 Å². The molecule has 0 radical (unpaired) electrons. The van der Waals surface area contributed by atoms with Crippen molar-refractivity contribution in [3.05, 3.63) is 181 Å². The van der Waals surface area contributed by atoms with Gasteiger partial charge in [0, 0.05) is 22.1 Å². The molecule has 1 aliphatic rings. The van der Waals surface area contributed by atoms with Crippen LogP contribution in [0.25, 0.3) is 78.7 Å². The maximum atomic E-state index is 5.14. The fourth-order valence-electron chi connectivity index (χ4n) is 7.94. The van der Waals surface area contributed by atoms with Crippen molar-refractivity contribution in [1.82, 2.24) is 15.0 Å². The van der Waals surface area contributed by atoms with Crippen molar-refractivity contribution in [2.24, 2.45) is 0 Å². The fourth-order valence-corrected chi connectivity index (χ4v) is 9.11. The predicted molar refractivity (Wildman–Crippen MR) is 233 cm³/mol. The second kappa shape index (κ2) is 13.6. The summed E-state index contributed by atoms with van der Waals surface area (Å²) in [5.41, 5.74) is 15.3. The molecule has 0 atom stereocenters. The maximum absolute atomic E-state index is 5.14. The highest BCUT2D eigenvalue weighted by molar-refractivity contribution is 6.88. The standard InChI is InChI=1S/C51H43N3Si/c1-51(2)46-20-10-9-19-44(46)45-33-41(27-30-47(45)51)40-17-12-18-42(32-40)50-53-48(52-49(54-50)37-25-28-43(29-26-37)55(3,4)5)36-23-21-35(22-24-36)39-16-11-15-38(31-39)34-13-7-6-8-14-34/h6-33H,1-5H3. The number of hydrogen-bond donors (Lipinski definition) is 0. The van der Waals surface area contributed by atoms with Crippen LogP contribution in [0, 0.1) is 0 Å². The SMILES string of the molecule is CC1(C)c2ccccc2-c2cc(-c3cccc(-c4nc(-c5ccc(-c6cccc(-c7ccccc7)c6)cc5)nc(-c5ccc([Si](C)(C)C)cc5)n4)c3)ccc21. The molecule has 0 amide bonds. The van der Waals surface area contributed by atoms with Crippen LogP contribution in [-0.4, -0.2) is 23.0 Å². The van der Waals surface area contributed by atoms with Crippen molar-refractivity contribution in [2.45, 2.75) is 38.9 Å². The van der Waals surface area contributed by atoms with Gasteiger partial charge >= 0.3 is 0 Å². The Morgan fingerprint density at radius 3 is 1.40 bits per heavy atom. The number of rotatable bonds is 7. The number of aromatic nitrogens is 3. The van der Waals surface area contributed by atoms with Crippen LogP contribution >= 0.6 is 0 Å². The minimum absolute atomic E-state index is 0.0261. The van der Waals surface area contributed by atoms with Gasteiger partial charge in [-0.3, -0.25) is 0 Å². The van der Waals surface area contributed by atoms with Gasteiger partial charge in [0.05, 0.1) is 8.07 Å². The maximum Gasteiger partial charge on any atom is 0.164 e. The molecule has 0 saturated carbocycles. The lowest BCUT2D eigenvalue weighted by molar-refractivity contribution is 0.660. The van der Waals surface area contributed by atoms with Crippen LogP contribution in [0.5, 0.6) is 0 Å². The monoisotopic (exact) mass is 725 g/mol. The number of nitrogens with zero attached hydrogens (tertiary/aromatic N) is 3. The van der Waals surface area contributed by atoms with Crippen LogP contribution in [0.4, 0.5) is 0 Å². The number of fused-ring (bicyclic) bond motifs is 3. The molecular formula is C51H43N3Si. The first-order valence-corrected chi connectivity index (χ1v) is 22.6. The highest BCUT2D eigenvalue weighted by Gasteiger charge is 2.35. The average Bonchev–Trinajstić information content (AvgIpc) is 3.46. The first-order chi connectivity index (χ1) is 26.6. The molecule has 0 bridgehead atoms. The Morgan fingerprint density at radius 1 is 0.345 bits per heavy atom. The van der Waals surface area contributed by atoms with E-state index in [-0.39, 0.29) is 5.41 Å². The Kier molecular flexibility index (Phi) is 8.51. The topological polar surface area (TPSA) is 38.7 Å². The largest absolute Gasteiger partial charge is 0.208 e. The summed E-state index contributed by atoms with van der Waals surface area (Å²) >= 11 is 0. The van der Waals surface area contributed by atoms with Gasteiger partial charge in [-0.1, -0.05) is 190 Å². The van der Waals surface area contributed by atoms with E-state index >= 15 is 0 Å². The first-order valence-electron chi connectivity index (χ1n) is 19.1. The van der Waals surface area contributed by atoms with Gasteiger partial charge in [-0.2, -0.15) is 0 Å². The Bertz CT molecular complexity index is 2690. The van der Waals surface area contributed by atoms with E-state index in [0.29, 0.717) is 17.5 Å². The molecule has 0 N–H and O–H groups in total. The van der Waals surface area contributed by atoms with E-state index in [2.05, 4.69) is 203 Å². The Hall–Kier alpha value is -6.23. The molecule has 9 rings (SSSR count). The van der Waals surface area contributed by atoms with E-state index in [1.54, 1.807) is 0 Å². The van der Waals surface area contributed by atoms with E-state index in [0.717, 1.165) is 27.8 Å². The Labute approximate surface area is 325 Å². The van der Waals surface area contributed by atoms with Gasteiger partial charge in [-0.15, -0.1) is 0 Å². The van der Waals surface area contributed by atoms with Gasteiger partial charge in [-0.05, 0) is 73.8 Å². The third-order valence-corrected chi connectivity index (χ3v) is 13.2. The van der Waals surface area contributed by atoms with Gasteiger partial charge in [0.25, 0.3) is 0 Å². The zero-order valence-electron chi connectivity index (χ0n) is 32.0. The smallest absolute Gasteiger partial charge is 0.164 e. The van der Waals surface area contributed by atoms with E-state index < -0.39 is 8.07 Å². The van der Waals surface area contributed by atoms with Crippen LogP contribution < -0.4 is 5.19 Å². The average molecular weight is 726 g/mol. The normalized spacial score (nSPS) is 13.0. The molecule has 4 heteroatoms. The molecule has 55 heavy (non-hydrogen) atoms. The van der Waals surface area contributed by atoms with Gasteiger partial charge < -0.3 is 0 Å². The molecule has 0 spiro atoms. The summed E-state index contributed by atoms with van der Waals surface area (Å²) in [5.74, 6) is 1.98. The molecule has 0 fully saturated rings. The van der Waals surface area contributed by atoms with Crippen LogP contribution in [0.3, 0.4) is 0 Å². The van der Waals surface area contributed by atoms with Crippen molar-refractivity contribution >= 4 is 13.3 Å². The second-order valence-corrected chi connectivity index (χ2v) is 21.2. The lowest BCUT2D eigenvalue weighted by atomic mass is 9.82. The number of hydrogen-bond acceptors (Lipinski definition) is 3. The van der Waals surface area contributed by atoms with Crippen molar-refractivity contribution < 1.29 is 0 Å². The summed E-state index contributed by atoms with van der Waals surface area (Å²) in [6.07, 6.45) is 0. The molecule has 0 unspecified atom stereocenters. The lowest BCUT2D eigenvalue weighted by Gasteiger charge is -2.21. The Balaban J connectivity index is 1.11. The van der Waals surface area contributed by atoms with Crippen molar-refractivity contribution in [3.63, 3.8) is 0 Å². The summed E-state index contributed by atoms with van der Waals surface area (Å²) in [6, 6.07) is 61.0. The van der Waals surface area contributed by atoms with E-state index in [4.69, 9.17) is 15.0 Å². The lowest BCUT2D eigenvalue weighted by Crippen LogP contribution is -2.37. The van der Waals surface area contributed by atoms with Crippen molar-refractivity contribution in [3.8, 4) is 78.7 Å². The fraction of sp³-hybridized carbons (Fsp3) is 0.118. The summed E-state index contributed by atoms with van der Waals surface area (Å²) in [7, 11) is -1.47. The summed E-state index contributed by atoms with van der Waals surface area (Å²) < 4.78 is 0. The molecule has 266 valence electrons. The third-order valence-electron chi connectivity index (χ3n) is 11.1. The van der Waals surface area contributed by atoms with Crippen molar-refractivity contribution in [2.75, 3.05) is 0 Å². The molecule has 3 nitrogen and oxygen atoms in total. The van der Waals surface area contributed by atoms with Crippen LogP contribution in [0.2, 0.25) is 19.6 Å². The van der Waals surface area contributed by atoms with Gasteiger partial charge in [-0.25, -0.2) is 15.0 Å². The summed E-state index contributed by atoms with van der Waals surface area (Å²) in [6.45, 7) is 11.8.